The van der Waals surface area contributed by atoms with E-state index >= 15 is 0 Å². The zero-order valence-electron chi connectivity index (χ0n) is 9.23. The summed E-state index contributed by atoms with van der Waals surface area (Å²) in [6.45, 7) is 1.97. The Morgan fingerprint density at radius 1 is 1.41 bits per heavy atom. The molecule has 0 aliphatic rings. The Hall–Kier alpha value is -1.69. The molecule has 2 rings (SSSR count). The van der Waals surface area contributed by atoms with Crippen molar-refractivity contribution in [3.8, 4) is 11.5 Å². The second-order valence-corrected chi connectivity index (χ2v) is 4.22. The molecule has 0 aliphatic carbocycles. The molecule has 88 valence electrons. The number of rotatable bonds is 2. The van der Waals surface area contributed by atoms with Crippen molar-refractivity contribution in [1.82, 2.24) is 10.2 Å². The zero-order chi connectivity index (χ0) is 12.4. The molecule has 0 atom stereocenters. The molecule has 5 nitrogen and oxygen atoms in total. The maximum atomic E-state index is 11.2. The molecule has 0 saturated heterocycles. The molecule has 1 aromatic heterocycles. The molecule has 0 amide bonds. The molecule has 0 N–H and O–H groups in total. The van der Waals surface area contributed by atoms with Crippen molar-refractivity contribution in [2.75, 3.05) is 7.11 Å². The van der Waals surface area contributed by atoms with E-state index in [1.54, 1.807) is 0 Å². The monoisotopic (exact) mass is 296 g/mol. The number of hydrogen-bond acceptors (Lipinski definition) is 5. The van der Waals surface area contributed by atoms with Gasteiger partial charge in [0.2, 0.25) is 5.89 Å². The lowest BCUT2D eigenvalue weighted by atomic mass is 10.1. The Kier molecular flexibility index (Phi) is 3.23. The van der Waals surface area contributed by atoms with E-state index in [1.807, 2.05) is 25.1 Å². The van der Waals surface area contributed by atoms with Gasteiger partial charge in [-0.05, 0) is 24.6 Å². The minimum Gasteiger partial charge on any atom is -0.462 e. The minimum absolute atomic E-state index is 0.154. The Labute approximate surface area is 106 Å². The van der Waals surface area contributed by atoms with Gasteiger partial charge in [0.05, 0.1) is 7.11 Å². The molecule has 0 fully saturated rings. The quantitative estimate of drug-likeness (QED) is 0.797. The summed E-state index contributed by atoms with van der Waals surface area (Å²) in [5.41, 5.74) is 1.84. The van der Waals surface area contributed by atoms with Crippen LogP contribution in [0.4, 0.5) is 0 Å². The average Bonchev–Trinajstić information content (AvgIpc) is 2.81. The highest BCUT2D eigenvalue weighted by Gasteiger charge is 2.16. The second-order valence-electron chi connectivity index (χ2n) is 3.37. The SMILES string of the molecule is COC(=O)c1nnc(-c2ccc(C)c(Br)c2)o1. The number of carbonyl (C=O) groups is 1. The highest BCUT2D eigenvalue weighted by Crippen LogP contribution is 2.24. The van der Waals surface area contributed by atoms with Crippen LogP contribution in [0.1, 0.15) is 16.2 Å². The molecule has 1 heterocycles. The van der Waals surface area contributed by atoms with Crippen LogP contribution in [0, 0.1) is 6.92 Å². The van der Waals surface area contributed by atoms with Crippen LogP contribution >= 0.6 is 15.9 Å². The van der Waals surface area contributed by atoms with Crippen LogP contribution in [0.2, 0.25) is 0 Å². The number of benzene rings is 1. The van der Waals surface area contributed by atoms with Gasteiger partial charge in [-0.3, -0.25) is 0 Å². The number of ether oxygens (including phenoxy) is 1. The van der Waals surface area contributed by atoms with E-state index < -0.39 is 5.97 Å². The summed E-state index contributed by atoms with van der Waals surface area (Å²) >= 11 is 3.41. The molecule has 0 unspecified atom stereocenters. The van der Waals surface area contributed by atoms with Gasteiger partial charge in [-0.25, -0.2) is 4.79 Å². The molecule has 0 bridgehead atoms. The number of aromatic nitrogens is 2. The van der Waals surface area contributed by atoms with Crippen LogP contribution in [0.5, 0.6) is 0 Å². The summed E-state index contributed by atoms with van der Waals surface area (Å²) < 4.78 is 10.6. The van der Waals surface area contributed by atoms with E-state index in [9.17, 15) is 4.79 Å². The van der Waals surface area contributed by atoms with E-state index in [1.165, 1.54) is 7.11 Å². The first-order chi connectivity index (χ1) is 8.11. The van der Waals surface area contributed by atoms with Gasteiger partial charge in [0.1, 0.15) is 0 Å². The maximum absolute atomic E-state index is 11.2. The molecule has 1 aromatic carbocycles. The molecule has 2 aromatic rings. The molecule has 0 saturated carbocycles. The molecule has 0 aliphatic heterocycles. The summed E-state index contributed by atoms with van der Waals surface area (Å²) in [7, 11) is 1.26. The number of hydrogen-bond donors (Lipinski definition) is 0. The minimum atomic E-state index is -0.644. The van der Waals surface area contributed by atoms with E-state index in [0.29, 0.717) is 0 Å². The number of aryl methyl sites for hydroxylation is 1. The fourth-order valence-corrected chi connectivity index (χ4v) is 1.61. The molecule has 17 heavy (non-hydrogen) atoms. The smallest absolute Gasteiger partial charge is 0.396 e. The first kappa shape index (κ1) is 11.8. The van der Waals surface area contributed by atoms with E-state index in [-0.39, 0.29) is 11.8 Å². The van der Waals surface area contributed by atoms with Gasteiger partial charge in [-0.15, -0.1) is 10.2 Å². The number of nitrogens with zero attached hydrogens (tertiary/aromatic N) is 2. The van der Waals surface area contributed by atoms with Crippen LogP contribution in [0.15, 0.2) is 27.1 Å². The van der Waals surface area contributed by atoms with Gasteiger partial charge in [-0.2, -0.15) is 0 Å². The third kappa shape index (κ3) is 2.36. The first-order valence-corrected chi connectivity index (χ1v) is 5.59. The predicted octanol–water partition coefficient (Wildman–Crippen LogP) is 2.59. The highest BCUT2D eigenvalue weighted by atomic mass is 79.9. The molecule has 0 radical (unpaired) electrons. The van der Waals surface area contributed by atoms with E-state index in [2.05, 4.69) is 30.9 Å². The van der Waals surface area contributed by atoms with Crippen LogP contribution in [0.25, 0.3) is 11.5 Å². The maximum Gasteiger partial charge on any atom is 0.396 e. The van der Waals surface area contributed by atoms with E-state index in [4.69, 9.17) is 4.42 Å². The van der Waals surface area contributed by atoms with Crippen molar-refractivity contribution in [3.05, 3.63) is 34.1 Å². The van der Waals surface area contributed by atoms with Gasteiger partial charge < -0.3 is 9.15 Å². The lowest BCUT2D eigenvalue weighted by molar-refractivity contribution is 0.0556. The predicted molar refractivity (Wildman–Crippen MR) is 63.5 cm³/mol. The van der Waals surface area contributed by atoms with Crippen molar-refractivity contribution in [3.63, 3.8) is 0 Å². The van der Waals surface area contributed by atoms with Crippen LogP contribution in [-0.2, 0) is 4.74 Å². The summed E-state index contributed by atoms with van der Waals surface area (Å²) in [4.78, 5) is 11.2. The number of methoxy groups -OCH3 is 1. The fourth-order valence-electron chi connectivity index (χ4n) is 1.24. The largest absolute Gasteiger partial charge is 0.462 e. The Balaban J connectivity index is 2.37. The van der Waals surface area contributed by atoms with Crippen molar-refractivity contribution >= 4 is 21.9 Å². The van der Waals surface area contributed by atoms with Gasteiger partial charge in [0.15, 0.2) is 0 Å². The standard InChI is InChI=1S/C11H9BrN2O3/c1-6-3-4-7(5-8(6)12)9-13-14-10(17-9)11(15)16-2/h3-5H,1-2H3. The number of halogens is 1. The molecule has 6 heteroatoms. The Morgan fingerprint density at radius 2 is 2.18 bits per heavy atom. The highest BCUT2D eigenvalue weighted by molar-refractivity contribution is 9.10. The summed E-state index contributed by atoms with van der Waals surface area (Å²) in [5, 5.41) is 7.40. The van der Waals surface area contributed by atoms with Gasteiger partial charge in [0.25, 0.3) is 0 Å². The third-order valence-corrected chi connectivity index (χ3v) is 3.06. The van der Waals surface area contributed by atoms with Crippen molar-refractivity contribution in [1.29, 1.82) is 0 Å². The summed E-state index contributed by atoms with van der Waals surface area (Å²) in [6, 6.07) is 5.61. The lowest BCUT2D eigenvalue weighted by Gasteiger charge is -1.99. The molecular weight excluding hydrogens is 288 g/mol. The van der Waals surface area contributed by atoms with Gasteiger partial charge in [-0.1, -0.05) is 22.0 Å². The van der Waals surface area contributed by atoms with Crippen LogP contribution in [0.3, 0.4) is 0 Å². The van der Waals surface area contributed by atoms with Gasteiger partial charge in [0, 0.05) is 10.0 Å². The Morgan fingerprint density at radius 3 is 2.82 bits per heavy atom. The van der Waals surface area contributed by atoms with E-state index in [0.717, 1.165) is 15.6 Å². The van der Waals surface area contributed by atoms with Gasteiger partial charge >= 0.3 is 11.9 Å². The lowest BCUT2D eigenvalue weighted by Crippen LogP contribution is -2.00. The normalized spacial score (nSPS) is 10.3. The third-order valence-electron chi connectivity index (χ3n) is 2.20. The number of carbonyl (C=O) groups excluding carboxylic acids is 1. The Bertz CT molecular complexity index is 566. The fraction of sp³-hybridized carbons (Fsp3) is 0.182. The summed E-state index contributed by atoms with van der Waals surface area (Å²) in [5.74, 6) is -0.514. The molecular formula is C11H9BrN2O3. The first-order valence-electron chi connectivity index (χ1n) is 4.80. The van der Waals surface area contributed by atoms with Crippen molar-refractivity contribution in [2.24, 2.45) is 0 Å². The van der Waals surface area contributed by atoms with Crippen molar-refractivity contribution in [2.45, 2.75) is 6.92 Å². The molecule has 0 spiro atoms. The zero-order valence-corrected chi connectivity index (χ0v) is 10.8. The average molecular weight is 297 g/mol. The topological polar surface area (TPSA) is 65.2 Å². The summed E-state index contributed by atoms with van der Waals surface area (Å²) in [6.07, 6.45) is 0. The number of esters is 1. The second kappa shape index (κ2) is 4.67. The van der Waals surface area contributed by atoms with Crippen LogP contribution < -0.4 is 0 Å². The van der Waals surface area contributed by atoms with Crippen molar-refractivity contribution < 1.29 is 13.9 Å². The van der Waals surface area contributed by atoms with Crippen LogP contribution in [-0.4, -0.2) is 23.3 Å².